The molecule has 0 aliphatic carbocycles. The van der Waals surface area contributed by atoms with E-state index in [9.17, 15) is 9.59 Å². The van der Waals surface area contributed by atoms with E-state index in [1.165, 1.54) is 28.7 Å². The van der Waals surface area contributed by atoms with Crippen molar-refractivity contribution in [1.29, 1.82) is 0 Å². The highest BCUT2D eigenvalue weighted by atomic mass is 35.5. The van der Waals surface area contributed by atoms with Crippen molar-refractivity contribution in [3.63, 3.8) is 0 Å². The smallest absolute Gasteiger partial charge is 0.265 e. The van der Waals surface area contributed by atoms with Crippen LogP contribution in [0.15, 0.2) is 48.0 Å². The summed E-state index contributed by atoms with van der Waals surface area (Å²) in [7, 11) is 0. The third-order valence-corrected chi connectivity index (χ3v) is 6.34. The molecule has 3 aromatic heterocycles. The quantitative estimate of drug-likeness (QED) is 0.399. The second kappa shape index (κ2) is 7.59. The van der Waals surface area contributed by atoms with E-state index in [1.807, 2.05) is 24.3 Å². The number of halogens is 1. The van der Waals surface area contributed by atoms with Gasteiger partial charge in [-0.1, -0.05) is 29.8 Å². The molecule has 0 radical (unpaired) electrons. The Balaban J connectivity index is 1.46. The van der Waals surface area contributed by atoms with Gasteiger partial charge in [-0.05, 0) is 18.2 Å². The van der Waals surface area contributed by atoms with Gasteiger partial charge in [0.15, 0.2) is 5.13 Å². The number of aromatic amines is 1. The fourth-order valence-corrected chi connectivity index (χ4v) is 4.71. The topological polar surface area (TPSA) is 101 Å². The molecule has 0 saturated carbocycles. The summed E-state index contributed by atoms with van der Waals surface area (Å²) in [5.74, 6) is -0.846. The van der Waals surface area contributed by atoms with Crippen molar-refractivity contribution in [1.82, 2.24) is 9.97 Å². The molecular formula is C19H13ClN4O2S2. The summed E-state index contributed by atoms with van der Waals surface area (Å²) < 4.78 is 1.07. The van der Waals surface area contributed by atoms with Crippen LogP contribution in [0.4, 0.5) is 5.13 Å². The molecule has 4 N–H and O–H groups in total. The van der Waals surface area contributed by atoms with Gasteiger partial charge in [-0.2, -0.15) is 0 Å². The first-order valence-electron chi connectivity index (χ1n) is 8.11. The largest absolute Gasteiger partial charge is 0.364 e. The highest BCUT2D eigenvalue weighted by molar-refractivity contribution is 7.20. The van der Waals surface area contributed by atoms with Crippen molar-refractivity contribution in [3.05, 3.63) is 63.6 Å². The van der Waals surface area contributed by atoms with Gasteiger partial charge in [0.25, 0.3) is 5.91 Å². The van der Waals surface area contributed by atoms with Gasteiger partial charge < -0.3 is 10.7 Å². The highest BCUT2D eigenvalue weighted by Crippen LogP contribution is 2.36. The van der Waals surface area contributed by atoms with Crippen LogP contribution >= 0.6 is 34.3 Å². The Morgan fingerprint density at radius 2 is 2.11 bits per heavy atom. The number of aromatic nitrogens is 2. The van der Waals surface area contributed by atoms with E-state index < -0.39 is 5.91 Å². The molecule has 28 heavy (non-hydrogen) atoms. The molecule has 6 nitrogen and oxygen atoms in total. The molecule has 9 heteroatoms. The number of amides is 2. The van der Waals surface area contributed by atoms with Crippen molar-refractivity contribution in [2.75, 3.05) is 5.32 Å². The van der Waals surface area contributed by atoms with Crippen LogP contribution in [-0.4, -0.2) is 21.8 Å². The molecule has 0 fully saturated rings. The predicted octanol–water partition coefficient (Wildman–Crippen LogP) is 4.76. The van der Waals surface area contributed by atoms with Crippen LogP contribution < -0.4 is 11.1 Å². The molecule has 4 aromatic rings. The molecule has 1 aromatic carbocycles. The number of hydrogen-bond acceptors (Lipinski definition) is 5. The molecule has 0 atom stereocenters. The standard InChI is InChI=1S/C19H13ClN4O2S2/c20-17-11-3-1-2-4-14(11)28-15(17)5-6-16(25)24-19-23-13(9-27-19)10-7-12(18(21)26)22-8-10/h1-9,22H,(H2,21,26)(H,23,24,25)/b6-5+. The van der Waals surface area contributed by atoms with Gasteiger partial charge in [-0.15, -0.1) is 22.7 Å². The zero-order valence-electron chi connectivity index (χ0n) is 14.2. The van der Waals surface area contributed by atoms with E-state index in [2.05, 4.69) is 15.3 Å². The summed E-state index contributed by atoms with van der Waals surface area (Å²) in [4.78, 5) is 31.4. The molecule has 140 valence electrons. The van der Waals surface area contributed by atoms with Crippen molar-refractivity contribution in [2.24, 2.45) is 5.73 Å². The lowest BCUT2D eigenvalue weighted by Crippen LogP contribution is -2.10. The summed E-state index contributed by atoms with van der Waals surface area (Å²) in [6, 6.07) is 9.44. The SMILES string of the molecule is NC(=O)c1cc(-c2csc(NC(=O)/C=C/c3sc4ccccc4c3Cl)n2)c[nH]1. The first kappa shape index (κ1) is 18.4. The van der Waals surface area contributed by atoms with E-state index in [1.54, 1.807) is 23.7 Å². The molecule has 0 spiro atoms. The fourth-order valence-electron chi connectivity index (χ4n) is 2.59. The van der Waals surface area contributed by atoms with Crippen LogP contribution in [0.3, 0.4) is 0 Å². The second-order valence-corrected chi connectivity index (χ2v) is 8.12. The van der Waals surface area contributed by atoms with Gasteiger partial charge in [0.05, 0.1) is 10.7 Å². The molecule has 4 rings (SSSR count). The van der Waals surface area contributed by atoms with Gasteiger partial charge in [0, 0.05) is 38.2 Å². The number of thiophene rings is 1. The number of H-pyrrole nitrogens is 1. The number of rotatable bonds is 5. The van der Waals surface area contributed by atoms with Crippen molar-refractivity contribution < 1.29 is 9.59 Å². The number of nitrogens with two attached hydrogens (primary N) is 1. The van der Waals surface area contributed by atoms with Crippen LogP contribution in [0.1, 0.15) is 15.4 Å². The summed E-state index contributed by atoms with van der Waals surface area (Å²) >= 11 is 9.19. The molecule has 0 aliphatic heterocycles. The van der Waals surface area contributed by atoms with Crippen LogP contribution in [0.2, 0.25) is 5.02 Å². The summed E-state index contributed by atoms with van der Waals surface area (Å²) in [5, 5.41) is 6.58. The predicted molar refractivity (Wildman–Crippen MR) is 115 cm³/mol. The molecule has 0 aliphatic rings. The fraction of sp³-hybridized carbons (Fsp3) is 0. The van der Waals surface area contributed by atoms with Crippen LogP contribution in [0.25, 0.3) is 27.4 Å². The van der Waals surface area contributed by atoms with Crippen LogP contribution in [-0.2, 0) is 4.79 Å². The number of anilines is 1. The highest BCUT2D eigenvalue weighted by Gasteiger charge is 2.11. The van der Waals surface area contributed by atoms with E-state index in [0.717, 1.165) is 20.5 Å². The summed E-state index contributed by atoms with van der Waals surface area (Å²) in [6.07, 6.45) is 4.77. The number of thiazole rings is 1. The summed E-state index contributed by atoms with van der Waals surface area (Å²) in [5.41, 5.74) is 6.89. The number of hydrogen-bond donors (Lipinski definition) is 3. The van der Waals surface area contributed by atoms with Crippen molar-refractivity contribution >= 4 is 67.4 Å². The maximum Gasteiger partial charge on any atom is 0.265 e. The van der Waals surface area contributed by atoms with Gasteiger partial charge in [0.1, 0.15) is 5.69 Å². The minimum Gasteiger partial charge on any atom is -0.364 e. The molecular weight excluding hydrogens is 416 g/mol. The minimum absolute atomic E-state index is 0.303. The number of fused-ring (bicyclic) bond motifs is 1. The number of benzene rings is 1. The second-order valence-electron chi connectivity index (χ2n) is 5.80. The molecule has 3 heterocycles. The van der Waals surface area contributed by atoms with E-state index in [-0.39, 0.29) is 5.91 Å². The Hall–Kier alpha value is -2.94. The van der Waals surface area contributed by atoms with Crippen molar-refractivity contribution in [3.8, 4) is 11.3 Å². The maximum absolute atomic E-state index is 12.2. The first-order valence-corrected chi connectivity index (χ1v) is 10.2. The monoisotopic (exact) mass is 428 g/mol. The number of carbonyl (C=O) groups is 2. The Morgan fingerprint density at radius 1 is 1.29 bits per heavy atom. The van der Waals surface area contributed by atoms with Crippen molar-refractivity contribution in [2.45, 2.75) is 0 Å². The van der Waals surface area contributed by atoms with Gasteiger partial charge in [0.2, 0.25) is 5.91 Å². The lowest BCUT2D eigenvalue weighted by Gasteiger charge is -1.95. The normalized spacial score (nSPS) is 11.3. The molecule has 2 amide bonds. The summed E-state index contributed by atoms with van der Waals surface area (Å²) in [6.45, 7) is 0. The average molecular weight is 429 g/mol. The minimum atomic E-state index is -0.542. The number of carbonyl (C=O) groups excluding carboxylic acids is 2. The molecule has 0 saturated heterocycles. The van der Waals surface area contributed by atoms with Crippen LogP contribution in [0, 0.1) is 0 Å². The van der Waals surface area contributed by atoms with E-state index in [0.29, 0.717) is 21.5 Å². The van der Waals surface area contributed by atoms with Crippen LogP contribution in [0.5, 0.6) is 0 Å². The number of nitrogens with zero attached hydrogens (tertiary/aromatic N) is 1. The van der Waals surface area contributed by atoms with Gasteiger partial charge >= 0.3 is 0 Å². The average Bonchev–Trinajstić information content (AvgIpc) is 3.39. The molecule has 0 bridgehead atoms. The lowest BCUT2D eigenvalue weighted by molar-refractivity contribution is -0.111. The van der Waals surface area contributed by atoms with E-state index >= 15 is 0 Å². The maximum atomic E-state index is 12.2. The Kier molecular flexibility index (Phi) is 4.99. The van der Waals surface area contributed by atoms with Gasteiger partial charge in [-0.25, -0.2) is 4.98 Å². The lowest BCUT2D eigenvalue weighted by atomic mass is 10.2. The van der Waals surface area contributed by atoms with Gasteiger partial charge in [-0.3, -0.25) is 14.9 Å². The third-order valence-electron chi connectivity index (χ3n) is 3.92. The Morgan fingerprint density at radius 3 is 2.86 bits per heavy atom. The Bertz CT molecular complexity index is 1220. The zero-order valence-corrected chi connectivity index (χ0v) is 16.6. The third kappa shape index (κ3) is 3.70. The zero-order chi connectivity index (χ0) is 19.7. The Labute approximate surface area is 172 Å². The number of nitrogens with one attached hydrogen (secondary N) is 2. The molecule has 0 unspecified atom stereocenters. The number of primary amides is 1. The van der Waals surface area contributed by atoms with E-state index in [4.69, 9.17) is 17.3 Å². The first-order chi connectivity index (χ1) is 13.5.